The topological polar surface area (TPSA) is 45.6 Å². The lowest BCUT2D eigenvalue weighted by Gasteiger charge is -2.33. The predicted molar refractivity (Wildman–Crippen MR) is 126 cm³/mol. The van der Waals surface area contributed by atoms with E-state index in [0.717, 1.165) is 50.2 Å². The monoisotopic (exact) mass is 427 g/mol. The molecule has 3 aromatic rings. The summed E-state index contributed by atoms with van der Waals surface area (Å²) in [6.07, 6.45) is 5.27. The molecule has 2 amide bonds. The molecule has 1 aromatic heterocycles. The van der Waals surface area contributed by atoms with Crippen molar-refractivity contribution >= 4 is 17.5 Å². The van der Waals surface area contributed by atoms with E-state index in [1.807, 2.05) is 69.1 Å². The average Bonchev–Trinajstić information content (AvgIpc) is 3.50. The van der Waals surface area contributed by atoms with Crippen molar-refractivity contribution in [3.8, 4) is 0 Å². The summed E-state index contributed by atoms with van der Waals surface area (Å²) < 4.78 is 2.05. The first kappa shape index (κ1) is 20.6. The highest BCUT2D eigenvalue weighted by Crippen LogP contribution is 2.31. The van der Waals surface area contributed by atoms with Crippen molar-refractivity contribution in [2.75, 3.05) is 24.5 Å². The number of anilines is 1. The van der Waals surface area contributed by atoms with Gasteiger partial charge in [-0.3, -0.25) is 9.59 Å². The number of rotatable bonds is 5. The zero-order valence-electron chi connectivity index (χ0n) is 18.3. The number of hydrogen-bond donors (Lipinski definition) is 0. The van der Waals surface area contributed by atoms with Gasteiger partial charge in [-0.05, 0) is 55.0 Å². The summed E-state index contributed by atoms with van der Waals surface area (Å²) in [7, 11) is 0. The van der Waals surface area contributed by atoms with E-state index in [4.69, 9.17) is 0 Å². The highest BCUT2D eigenvalue weighted by Gasteiger charge is 2.33. The summed E-state index contributed by atoms with van der Waals surface area (Å²) in [4.78, 5) is 30.2. The maximum atomic E-state index is 13.2. The van der Waals surface area contributed by atoms with Gasteiger partial charge in [0.15, 0.2) is 0 Å². The Labute approximate surface area is 189 Å². The molecule has 0 atom stereocenters. The molecule has 0 N–H and O–H groups in total. The number of fused-ring (bicyclic) bond motifs is 1. The number of carbonyl (C=O) groups excluding carboxylic acids is 2. The van der Waals surface area contributed by atoms with E-state index in [2.05, 4.69) is 18.2 Å². The van der Waals surface area contributed by atoms with Gasteiger partial charge in [0.25, 0.3) is 5.91 Å². The second-order valence-corrected chi connectivity index (χ2v) is 8.76. The van der Waals surface area contributed by atoms with E-state index in [9.17, 15) is 9.59 Å². The zero-order chi connectivity index (χ0) is 21.9. The first-order valence-corrected chi connectivity index (χ1v) is 11.6. The molecule has 0 unspecified atom stereocenters. The molecule has 2 aromatic carbocycles. The quantitative estimate of drug-likeness (QED) is 0.613. The Bertz CT molecular complexity index is 1100. The molecule has 0 bridgehead atoms. The van der Waals surface area contributed by atoms with Gasteiger partial charge < -0.3 is 14.4 Å². The second kappa shape index (κ2) is 9.03. The van der Waals surface area contributed by atoms with Crippen molar-refractivity contribution in [1.82, 2.24) is 9.47 Å². The Balaban J connectivity index is 1.19. The van der Waals surface area contributed by atoms with Gasteiger partial charge in [-0.2, -0.15) is 0 Å². The van der Waals surface area contributed by atoms with E-state index in [0.29, 0.717) is 13.1 Å². The van der Waals surface area contributed by atoms with Crippen LogP contribution in [0, 0.1) is 5.92 Å². The molecule has 164 valence electrons. The van der Waals surface area contributed by atoms with E-state index >= 15 is 0 Å². The lowest BCUT2D eigenvalue weighted by molar-refractivity contribution is -0.123. The maximum Gasteiger partial charge on any atom is 0.270 e. The summed E-state index contributed by atoms with van der Waals surface area (Å²) in [5.74, 6) is 0.281. The Hall–Kier alpha value is -3.34. The molecule has 5 heteroatoms. The molecule has 0 radical (unpaired) electrons. The normalized spacial score (nSPS) is 16.2. The molecular weight excluding hydrogens is 398 g/mol. The fraction of sp³-hybridized carbons (Fsp3) is 0.333. The van der Waals surface area contributed by atoms with Crippen LogP contribution < -0.4 is 4.90 Å². The number of benzene rings is 2. The molecule has 5 rings (SSSR count). The van der Waals surface area contributed by atoms with Crippen LogP contribution in [-0.4, -0.2) is 40.9 Å². The molecule has 2 aliphatic rings. The lowest BCUT2D eigenvalue weighted by Crippen LogP contribution is -2.44. The highest BCUT2D eigenvalue weighted by atomic mass is 16.2. The van der Waals surface area contributed by atoms with E-state index in [1.165, 1.54) is 11.1 Å². The summed E-state index contributed by atoms with van der Waals surface area (Å²) in [6.45, 7) is 2.82. The number of amides is 2. The predicted octanol–water partition coefficient (Wildman–Crippen LogP) is 4.17. The van der Waals surface area contributed by atoms with E-state index in [-0.39, 0.29) is 17.7 Å². The van der Waals surface area contributed by atoms with E-state index < -0.39 is 0 Å². The minimum Gasteiger partial charge on any atom is -0.343 e. The number of likely N-dealkylation sites (tertiary alicyclic amines) is 1. The van der Waals surface area contributed by atoms with Crippen molar-refractivity contribution in [2.24, 2.45) is 5.92 Å². The van der Waals surface area contributed by atoms with Crippen molar-refractivity contribution in [1.29, 1.82) is 0 Å². The summed E-state index contributed by atoms with van der Waals surface area (Å²) in [5, 5.41) is 0. The fourth-order valence-corrected chi connectivity index (χ4v) is 4.98. The Morgan fingerprint density at radius 3 is 2.41 bits per heavy atom. The first-order valence-electron chi connectivity index (χ1n) is 11.6. The van der Waals surface area contributed by atoms with Gasteiger partial charge in [0.1, 0.15) is 5.69 Å². The molecule has 3 heterocycles. The fourth-order valence-electron chi connectivity index (χ4n) is 4.98. The smallest absolute Gasteiger partial charge is 0.270 e. The maximum absolute atomic E-state index is 13.2. The summed E-state index contributed by atoms with van der Waals surface area (Å²) in [5.41, 5.74) is 4.32. The van der Waals surface area contributed by atoms with Gasteiger partial charge in [0.05, 0.1) is 0 Å². The van der Waals surface area contributed by atoms with Crippen LogP contribution in [-0.2, 0) is 24.2 Å². The number of hydrogen-bond acceptors (Lipinski definition) is 2. The molecule has 0 saturated carbocycles. The third kappa shape index (κ3) is 4.07. The van der Waals surface area contributed by atoms with Crippen LogP contribution in [0.25, 0.3) is 0 Å². The van der Waals surface area contributed by atoms with Crippen LogP contribution >= 0.6 is 0 Å². The molecular formula is C27H29N3O2. The van der Waals surface area contributed by atoms with Crippen LogP contribution in [0.1, 0.15) is 34.5 Å². The van der Waals surface area contributed by atoms with Crippen molar-refractivity contribution in [3.05, 3.63) is 89.7 Å². The highest BCUT2D eigenvalue weighted by molar-refractivity contribution is 5.97. The molecule has 32 heavy (non-hydrogen) atoms. The lowest BCUT2D eigenvalue weighted by atomic mass is 9.95. The van der Waals surface area contributed by atoms with Gasteiger partial charge in [0.2, 0.25) is 5.91 Å². The molecule has 0 spiro atoms. The number of aromatic nitrogens is 1. The molecule has 1 fully saturated rings. The third-order valence-electron chi connectivity index (χ3n) is 6.82. The number of piperidine rings is 1. The first-order chi connectivity index (χ1) is 15.7. The average molecular weight is 428 g/mol. The number of para-hydroxylation sites is 1. The minimum absolute atomic E-state index is 0.00456. The largest absolute Gasteiger partial charge is 0.343 e. The molecule has 2 aliphatic heterocycles. The van der Waals surface area contributed by atoms with Gasteiger partial charge in [0, 0.05) is 44.0 Å². The summed E-state index contributed by atoms with van der Waals surface area (Å²) in [6, 6.07) is 22.4. The molecule has 1 saturated heterocycles. The third-order valence-corrected chi connectivity index (χ3v) is 6.82. The Kier molecular flexibility index (Phi) is 5.80. The minimum atomic E-state index is -0.00456. The van der Waals surface area contributed by atoms with Crippen LogP contribution in [0.5, 0.6) is 0 Å². The number of nitrogens with zero attached hydrogens (tertiary/aromatic N) is 3. The van der Waals surface area contributed by atoms with Crippen molar-refractivity contribution in [3.63, 3.8) is 0 Å². The number of carbonyl (C=O) groups is 2. The number of aryl methyl sites for hydroxylation is 2. The van der Waals surface area contributed by atoms with E-state index in [1.54, 1.807) is 0 Å². The van der Waals surface area contributed by atoms with Crippen molar-refractivity contribution < 1.29 is 9.59 Å². The van der Waals surface area contributed by atoms with Crippen LogP contribution in [0.4, 0.5) is 5.69 Å². The Morgan fingerprint density at radius 2 is 1.59 bits per heavy atom. The molecule has 0 aliphatic carbocycles. The SMILES string of the molecule is O=C(c1cccn1CCc1ccccc1)N1CCC(C(=O)N2CCc3ccccc32)CC1. The molecule has 5 nitrogen and oxygen atoms in total. The van der Waals surface area contributed by atoms with Crippen molar-refractivity contribution in [2.45, 2.75) is 32.2 Å². The summed E-state index contributed by atoms with van der Waals surface area (Å²) >= 11 is 0. The standard InChI is InChI=1S/C27H29N3O2/c31-26(30-20-15-22-9-4-5-10-24(22)30)23-13-18-29(19-14-23)27(32)25-11-6-16-28(25)17-12-21-7-2-1-3-8-21/h1-11,16,23H,12-15,17-20H2. The Morgan fingerprint density at radius 1 is 0.844 bits per heavy atom. The zero-order valence-corrected chi connectivity index (χ0v) is 18.3. The second-order valence-electron chi connectivity index (χ2n) is 8.76. The van der Waals surface area contributed by atoms with Gasteiger partial charge in [-0.1, -0.05) is 48.5 Å². The van der Waals surface area contributed by atoms with Crippen LogP contribution in [0.15, 0.2) is 72.9 Å². The van der Waals surface area contributed by atoms with Gasteiger partial charge in [-0.15, -0.1) is 0 Å². The van der Waals surface area contributed by atoms with Gasteiger partial charge >= 0.3 is 0 Å². The van der Waals surface area contributed by atoms with Gasteiger partial charge in [-0.25, -0.2) is 0 Å². The van der Waals surface area contributed by atoms with Crippen LogP contribution in [0.2, 0.25) is 0 Å². The van der Waals surface area contributed by atoms with Crippen LogP contribution in [0.3, 0.4) is 0 Å².